The molecule has 0 aromatic heterocycles. The molecule has 4 heteroatoms. The Balaban J connectivity index is 1.94. The number of carbonyl (C=O) groups is 1. The Morgan fingerprint density at radius 1 is 1.31 bits per heavy atom. The number of hydrogen-bond donors (Lipinski definition) is 1. The van der Waals surface area contributed by atoms with Gasteiger partial charge in [-0.25, -0.2) is 4.39 Å². The first-order valence-corrected chi connectivity index (χ1v) is 5.52. The molecule has 16 heavy (non-hydrogen) atoms. The van der Waals surface area contributed by atoms with Gasteiger partial charge in [0.1, 0.15) is 11.9 Å². The molecular formula is C12H13FN2O. The van der Waals surface area contributed by atoms with Crippen LogP contribution in [0.3, 0.4) is 0 Å². The number of carbonyl (C=O) groups excluding carboxylic acids is 1. The molecule has 2 aliphatic rings. The molecule has 0 radical (unpaired) electrons. The van der Waals surface area contributed by atoms with Crippen molar-refractivity contribution in [1.29, 1.82) is 0 Å². The first-order valence-electron chi connectivity index (χ1n) is 5.52. The monoisotopic (exact) mass is 220 g/mol. The number of nitrogens with two attached hydrogens (primary N) is 1. The van der Waals surface area contributed by atoms with Gasteiger partial charge in [0.2, 0.25) is 5.91 Å². The molecule has 1 aliphatic carbocycles. The molecule has 3 nitrogen and oxygen atoms in total. The van der Waals surface area contributed by atoms with E-state index in [9.17, 15) is 9.18 Å². The average Bonchev–Trinajstić information content (AvgIpc) is 3.10. The number of hydrogen-bond acceptors (Lipinski definition) is 2. The third-order valence-corrected chi connectivity index (χ3v) is 3.34. The second-order valence-corrected chi connectivity index (χ2v) is 4.47. The highest BCUT2D eigenvalue weighted by Crippen LogP contribution is 2.43. The van der Waals surface area contributed by atoms with Gasteiger partial charge in [-0.1, -0.05) is 18.2 Å². The van der Waals surface area contributed by atoms with Gasteiger partial charge in [-0.15, -0.1) is 0 Å². The van der Waals surface area contributed by atoms with Crippen LogP contribution in [0.25, 0.3) is 0 Å². The van der Waals surface area contributed by atoms with Gasteiger partial charge in [0, 0.05) is 11.6 Å². The fourth-order valence-electron chi connectivity index (χ4n) is 2.35. The van der Waals surface area contributed by atoms with Crippen LogP contribution in [0.5, 0.6) is 0 Å². The first-order chi connectivity index (χ1) is 7.70. The van der Waals surface area contributed by atoms with E-state index in [1.54, 1.807) is 23.1 Å². The third kappa shape index (κ3) is 1.26. The lowest BCUT2D eigenvalue weighted by Gasteiger charge is -2.46. The lowest BCUT2D eigenvalue weighted by Crippen LogP contribution is -2.63. The summed E-state index contributed by atoms with van der Waals surface area (Å²) in [4.78, 5) is 13.4. The second-order valence-electron chi connectivity index (χ2n) is 4.47. The van der Waals surface area contributed by atoms with Crippen LogP contribution in [0, 0.1) is 5.82 Å². The van der Waals surface area contributed by atoms with Crippen LogP contribution in [0.4, 0.5) is 4.39 Å². The van der Waals surface area contributed by atoms with Crippen LogP contribution in [0.2, 0.25) is 0 Å². The van der Waals surface area contributed by atoms with E-state index < -0.39 is 6.04 Å². The van der Waals surface area contributed by atoms with E-state index in [-0.39, 0.29) is 23.8 Å². The van der Waals surface area contributed by atoms with Crippen LogP contribution in [-0.2, 0) is 4.79 Å². The van der Waals surface area contributed by atoms with Crippen LogP contribution in [0.15, 0.2) is 24.3 Å². The summed E-state index contributed by atoms with van der Waals surface area (Å²) in [7, 11) is 0. The zero-order valence-electron chi connectivity index (χ0n) is 8.77. The standard InChI is InChI=1S/C12H13FN2O/c13-9-4-2-1-3-8(9)11-10(14)12(16)15(11)7-5-6-7/h1-4,7,10-11H,5-6,14H2/t10-,11-/m0/s1. The van der Waals surface area contributed by atoms with Crippen molar-refractivity contribution >= 4 is 5.91 Å². The molecule has 0 spiro atoms. The normalized spacial score (nSPS) is 29.1. The third-order valence-electron chi connectivity index (χ3n) is 3.34. The Kier molecular flexibility index (Phi) is 2.01. The molecule has 2 N–H and O–H groups in total. The van der Waals surface area contributed by atoms with Crippen molar-refractivity contribution < 1.29 is 9.18 Å². The SMILES string of the molecule is N[C@@H]1C(=O)N(C2CC2)[C@H]1c1ccccc1F. The number of benzene rings is 1. The molecule has 1 amide bonds. The highest BCUT2D eigenvalue weighted by atomic mass is 19.1. The highest BCUT2D eigenvalue weighted by molar-refractivity contribution is 5.90. The Bertz CT molecular complexity index is 444. The summed E-state index contributed by atoms with van der Waals surface area (Å²) in [6.07, 6.45) is 2.03. The maximum Gasteiger partial charge on any atom is 0.242 e. The number of amides is 1. The maximum absolute atomic E-state index is 13.6. The maximum atomic E-state index is 13.6. The predicted octanol–water partition coefficient (Wildman–Crippen LogP) is 1.20. The van der Waals surface area contributed by atoms with E-state index in [4.69, 9.17) is 5.73 Å². The Morgan fingerprint density at radius 3 is 2.62 bits per heavy atom. The molecule has 0 bridgehead atoms. The van der Waals surface area contributed by atoms with Crippen molar-refractivity contribution in [2.75, 3.05) is 0 Å². The van der Waals surface area contributed by atoms with Crippen molar-refractivity contribution in [3.63, 3.8) is 0 Å². The van der Waals surface area contributed by atoms with Crippen molar-refractivity contribution in [2.24, 2.45) is 5.73 Å². The molecule has 1 aromatic rings. The molecule has 1 aliphatic heterocycles. The van der Waals surface area contributed by atoms with Gasteiger partial charge in [-0.3, -0.25) is 4.79 Å². The Labute approximate surface area is 93.0 Å². The fraction of sp³-hybridized carbons (Fsp3) is 0.417. The minimum Gasteiger partial charge on any atom is -0.329 e. The van der Waals surface area contributed by atoms with E-state index in [0.717, 1.165) is 12.8 Å². The van der Waals surface area contributed by atoms with Crippen LogP contribution < -0.4 is 5.73 Å². The van der Waals surface area contributed by atoms with Gasteiger partial charge in [0.05, 0.1) is 6.04 Å². The molecule has 2 fully saturated rings. The number of rotatable bonds is 2. The van der Waals surface area contributed by atoms with Gasteiger partial charge < -0.3 is 10.6 Å². The summed E-state index contributed by atoms with van der Waals surface area (Å²) in [5.74, 6) is -0.322. The highest BCUT2D eigenvalue weighted by Gasteiger charge is 2.52. The Morgan fingerprint density at radius 2 is 2.00 bits per heavy atom. The quantitative estimate of drug-likeness (QED) is 0.761. The molecule has 2 atom stereocenters. The van der Waals surface area contributed by atoms with E-state index in [0.29, 0.717) is 5.56 Å². The molecule has 84 valence electrons. The zero-order valence-corrected chi connectivity index (χ0v) is 8.77. The summed E-state index contributed by atoms with van der Waals surface area (Å²) in [5.41, 5.74) is 6.31. The summed E-state index contributed by atoms with van der Waals surface area (Å²) in [6.45, 7) is 0. The fourth-order valence-corrected chi connectivity index (χ4v) is 2.35. The van der Waals surface area contributed by atoms with E-state index in [1.807, 2.05) is 0 Å². The van der Waals surface area contributed by atoms with Gasteiger partial charge in [-0.2, -0.15) is 0 Å². The topological polar surface area (TPSA) is 46.3 Å². The van der Waals surface area contributed by atoms with Crippen molar-refractivity contribution in [2.45, 2.75) is 31.0 Å². The van der Waals surface area contributed by atoms with Crippen LogP contribution in [0.1, 0.15) is 24.4 Å². The molecule has 3 rings (SSSR count). The number of β-lactam (4-membered cyclic amide) rings is 1. The minimum atomic E-state index is -0.572. The van der Waals surface area contributed by atoms with Gasteiger partial charge >= 0.3 is 0 Å². The Hall–Kier alpha value is -1.42. The number of nitrogens with zero attached hydrogens (tertiary/aromatic N) is 1. The molecular weight excluding hydrogens is 207 g/mol. The molecule has 1 aromatic carbocycles. The van der Waals surface area contributed by atoms with Gasteiger partial charge in [0.15, 0.2) is 0 Å². The van der Waals surface area contributed by atoms with Crippen LogP contribution in [-0.4, -0.2) is 22.9 Å². The lowest BCUT2D eigenvalue weighted by atomic mass is 9.88. The number of halogens is 1. The van der Waals surface area contributed by atoms with Crippen molar-refractivity contribution in [3.8, 4) is 0 Å². The second kappa shape index (κ2) is 3.28. The molecule has 0 unspecified atom stereocenters. The molecule has 1 saturated carbocycles. The molecule has 1 saturated heterocycles. The number of likely N-dealkylation sites (tertiary alicyclic amines) is 1. The molecule has 1 heterocycles. The van der Waals surface area contributed by atoms with E-state index in [1.165, 1.54) is 6.07 Å². The van der Waals surface area contributed by atoms with E-state index >= 15 is 0 Å². The van der Waals surface area contributed by atoms with Gasteiger partial charge in [0.25, 0.3) is 0 Å². The summed E-state index contributed by atoms with van der Waals surface area (Å²) in [5, 5.41) is 0. The summed E-state index contributed by atoms with van der Waals surface area (Å²) in [6, 6.07) is 6.00. The first kappa shape index (κ1) is 9.78. The predicted molar refractivity (Wildman–Crippen MR) is 57.0 cm³/mol. The van der Waals surface area contributed by atoms with Crippen molar-refractivity contribution in [1.82, 2.24) is 4.90 Å². The van der Waals surface area contributed by atoms with E-state index in [2.05, 4.69) is 0 Å². The lowest BCUT2D eigenvalue weighted by molar-refractivity contribution is -0.150. The largest absolute Gasteiger partial charge is 0.329 e. The van der Waals surface area contributed by atoms with Crippen molar-refractivity contribution in [3.05, 3.63) is 35.6 Å². The van der Waals surface area contributed by atoms with Gasteiger partial charge in [-0.05, 0) is 18.9 Å². The average molecular weight is 220 g/mol. The van der Waals surface area contributed by atoms with Crippen LogP contribution >= 0.6 is 0 Å². The summed E-state index contributed by atoms with van der Waals surface area (Å²) >= 11 is 0. The summed E-state index contributed by atoms with van der Waals surface area (Å²) < 4.78 is 13.6. The smallest absolute Gasteiger partial charge is 0.242 e. The minimum absolute atomic E-state index is 0.0456. The zero-order chi connectivity index (χ0) is 11.3.